The minimum Gasteiger partial charge on any atom is -0.327 e. The second-order valence-corrected chi connectivity index (χ2v) is 4.86. The lowest BCUT2D eigenvalue weighted by molar-refractivity contribution is 0.458. The Morgan fingerprint density at radius 1 is 1.57 bits per heavy atom. The van der Waals surface area contributed by atoms with Crippen LogP contribution in [0.4, 0.5) is 0 Å². The van der Waals surface area contributed by atoms with Crippen molar-refractivity contribution >= 4 is 15.9 Å². The minimum absolute atomic E-state index is 0.275. The molecule has 1 atom stereocenters. The second kappa shape index (κ2) is 4.94. The van der Waals surface area contributed by atoms with Crippen molar-refractivity contribution in [1.29, 1.82) is 0 Å². The van der Waals surface area contributed by atoms with E-state index in [4.69, 9.17) is 5.73 Å². The van der Waals surface area contributed by atoms with Gasteiger partial charge in [-0.2, -0.15) is 5.10 Å². The number of halogens is 1. The maximum atomic E-state index is 5.99. The number of nitrogens with zero attached hydrogens (tertiary/aromatic N) is 2. The molecule has 0 bridgehead atoms. The van der Waals surface area contributed by atoms with E-state index in [1.54, 1.807) is 0 Å². The van der Waals surface area contributed by atoms with Gasteiger partial charge in [0, 0.05) is 13.1 Å². The van der Waals surface area contributed by atoms with Gasteiger partial charge in [0.25, 0.3) is 0 Å². The SMILES string of the molecule is CC(C)C(N)CCc1c(Br)cnn1C. The molecule has 1 rings (SSSR count). The molecule has 1 aromatic heterocycles. The van der Waals surface area contributed by atoms with Gasteiger partial charge in [-0.15, -0.1) is 0 Å². The Morgan fingerprint density at radius 2 is 2.21 bits per heavy atom. The van der Waals surface area contributed by atoms with Crippen LogP contribution in [0.2, 0.25) is 0 Å². The highest BCUT2D eigenvalue weighted by Crippen LogP contribution is 2.18. The number of hydrogen-bond acceptors (Lipinski definition) is 2. The van der Waals surface area contributed by atoms with E-state index in [-0.39, 0.29) is 6.04 Å². The lowest BCUT2D eigenvalue weighted by atomic mass is 9.99. The molecule has 0 aliphatic heterocycles. The van der Waals surface area contributed by atoms with Crippen LogP contribution in [-0.2, 0) is 13.5 Å². The smallest absolute Gasteiger partial charge is 0.0635 e. The standard InChI is InChI=1S/C10H18BrN3/c1-7(2)9(12)4-5-10-8(11)6-13-14(10)3/h6-7,9H,4-5,12H2,1-3H3. The lowest BCUT2D eigenvalue weighted by Crippen LogP contribution is -2.27. The molecule has 3 nitrogen and oxygen atoms in total. The molecule has 0 spiro atoms. The molecule has 0 saturated carbocycles. The van der Waals surface area contributed by atoms with Crippen LogP contribution in [-0.4, -0.2) is 15.8 Å². The fourth-order valence-electron chi connectivity index (χ4n) is 1.35. The Hall–Kier alpha value is -0.350. The van der Waals surface area contributed by atoms with Crippen LogP contribution >= 0.6 is 15.9 Å². The summed E-state index contributed by atoms with van der Waals surface area (Å²) >= 11 is 3.48. The molecule has 14 heavy (non-hydrogen) atoms. The molecule has 0 amide bonds. The third-order valence-corrected chi connectivity index (χ3v) is 3.24. The van der Waals surface area contributed by atoms with Crippen molar-refractivity contribution in [3.05, 3.63) is 16.4 Å². The highest BCUT2D eigenvalue weighted by Gasteiger charge is 2.11. The molecule has 4 heteroatoms. The Labute approximate surface area is 93.8 Å². The predicted octanol–water partition coefficient (Wildman–Crippen LogP) is 2.10. The van der Waals surface area contributed by atoms with E-state index in [0.29, 0.717) is 5.92 Å². The maximum Gasteiger partial charge on any atom is 0.0635 e. The van der Waals surface area contributed by atoms with Crippen LogP contribution < -0.4 is 5.73 Å². The van der Waals surface area contributed by atoms with Crippen LogP contribution in [0.5, 0.6) is 0 Å². The summed E-state index contributed by atoms with van der Waals surface area (Å²) in [5, 5.41) is 4.17. The summed E-state index contributed by atoms with van der Waals surface area (Å²) in [6, 6.07) is 0.275. The van der Waals surface area contributed by atoms with Gasteiger partial charge in [0.05, 0.1) is 16.4 Å². The first-order valence-electron chi connectivity index (χ1n) is 4.94. The highest BCUT2D eigenvalue weighted by atomic mass is 79.9. The summed E-state index contributed by atoms with van der Waals surface area (Å²) in [5.41, 5.74) is 7.21. The minimum atomic E-state index is 0.275. The molecule has 0 aromatic carbocycles. The first-order valence-corrected chi connectivity index (χ1v) is 5.73. The highest BCUT2D eigenvalue weighted by molar-refractivity contribution is 9.10. The summed E-state index contributed by atoms with van der Waals surface area (Å²) < 4.78 is 2.98. The molecule has 0 aliphatic carbocycles. The molecule has 0 fully saturated rings. The predicted molar refractivity (Wildman–Crippen MR) is 62.0 cm³/mol. The van der Waals surface area contributed by atoms with Crippen molar-refractivity contribution in [3.63, 3.8) is 0 Å². The number of nitrogens with two attached hydrogens (primary N) is 1. The largest absolute Gasteiger partial charge is 0.327 e. The zero-order valence-corrected chi connectivity index (χ0v) is 10.6. The van der Waals surface area contributed by atoms with Crippen LogP contribution in [0, 0.1) is 5.92 Å². The van der Waals surface area contributed by atoms with E-state index in [1.165, 1.54) is 5.69 Å². The molecule has 2 N–H and O–H groups in total. The average molecular weight is 260 g/mol. The Bertz CT molecular complexity index is 274. The van der Waals surface area contributed by atoms with Crippen LogP contribution in [0.25, 0.3) is 0 Å². The number of hydrogen-bond donors (Lipinski definition) is 1. The molecule has 0 saturated heterocycles. The summed E-state index contributed by atoms with van der Waals surface area (Å²) in [5.74, 6) is 0.544. The third kappa shape index (κ3) is 2.82. The first kappa shape index (κ1) is 11.7. The van der Waals surface area contributed by atoms with E-state index in [2.05, 4.69) is 34.9 Å². The van der Waals surface area contributed by atoms with Crippen molar-refractivity contribution in [3.8, 4) is 0 Å². The molecular weight excluding hydrogens is 242 g/mol. The third-order valence-electron chi connectivity index (χ3n) is 2.58. The van der Waals surface area contributed by atoms with Gasteiger partial charge in [-0.05, 0) is 34.7 Å². The van der Waals surface area contributed by atoms with Crippen LogP contribution in [0.3, 0.4) is 0 Å². The van der Waals surface area contributed by atoms with Crippen molar-refractivity contribution in [2.24, 2.45) is 18.7 Å². The molecule has 0 radical (unpaired) electrons. The van der Waals surface area contributed by atoms with Gasteiger partial charge in [0.2, 0.25) is 0 Å². The number of rotatable bonds is 4. The number of aromatic nitrogens is 2. The Kier molecular flexibility index (Phi) is 4.13. The number of aryl methyl sites for hydroxylation is 1. The fraction of sp³-hybridized carbons (Fsp3) is 0.700. The normalized spacial score (nSPS) is 13.6. The summed E-state index contributed by atoms with van der Waals surface area (Å²) in [7, 11) is 1.96. The summed E-state index contributed by atoms with van der Waals surface area (Å²) in [6.07, 6.45) is 3.82. The van der Waals surface area contributed by atoms with Gasteiger partial charge in [0.15, 0.2) is 0 Å². The molecule has 80 valence electrons. The zero-order valence-electron chi connectivity index (χ0n) is 9.00. The van der Waals surface area contributed by atoms with Crippen molar-refractivity contribution in [1.82, 2.24) is 9.78 Å². The van der Waals surface area contributed by atoms with Gasteiger partial charge >= 0.3 is 0 Å². The van der Waals surface area contributed by atoms with Gasteiger partial charge < -0.3 is 5.73 Å². The monoisotopic (exact) mass is 259 g/mol. The molecule has 1 unspecified atom stereocenters. The maximum absolute atomic E-state index is 5.99. The second-order valence-electron chi connectivity index (χ2n) is 4.01. The molecular formula is C10H18BrN3. The van der Waals surface area contributed by atoms with Gasteiger partial charge in [0.1, 0.15) is 0 Å². The van der Waals surface area contributed by atoms with Gasteiger partial charge in [-0.1, -0.05) is 13.8 Å². The average Bonchev–Trinajstić information content (AvgIpc) is 2.43. The van der Waals surface area contributed by atoms with Gasteiger partial charge in [-0.25, -0.2) is 0 Å². The fourth-order valence-corrected chi connectivity index (χ4v) is 1.90. The van der Waals surface area contributed by atoms with E-state index in [0.717, 1.165) is 17.3 Å². The molecule has 1 heterocycles. The quantitative estimate of drug-likeness (QED) is 0.900. The van der Waals surface area contributed by atoms with Crippen molar-refractivity contribution < 1.29 is 0 Å². The van der Waals surface area contributed by atoms with E-state index < -0.39 is 0 Å². The van der Waals surface area contributed by atoms with Crippen LogP contribution in [0.1, 0.15) is 26.0 Å². The van der Waals surface area contributed by atoms with Crippen molar-refractivity contribution in [2.45, 2.75) is 32.7 Å². The van der Waals surface area contributed by atoms with E-state index in [9.17, 15) is 0 Å². The Balaban J connectivity index is 2.53. The van der Waals surface area contributed by atoms with E-state index >= 15 is 0 Å². The summed E-state index contributed by atoms with van der Waals surface area (Å²) in [6.45, 7) is 4.31. The Morgan fingerprint density at radius 3 is 2.64 bits per heavy atom. The zero-order chi connectivity index (χ0) is 10.7. The topological polar surface area (TPSA) is 43.8 Å². The molecule has 1 aromatic rings. The van der Waals surface area contributed by atoms with Crippen molar-refractivity contribution in [2.75, 3.05) is 0 Å². The molecule has 0 aliphatic rings. The lowest BCUT2D eigenvalue weighted by Gasteiger charge is -2.15. The first-order chi connectivity index (χ1) is 6.52. The summed E-state index contributed by atoms with van der Waals surface area (Å²) in [4.78, 5) is 0. The van der Waals surface area contributed by atoms with Crippen LogP contribution in [0.15, 0.2) is 10.7 Å². The van der Waals surface area contributed by atoms with Gasteiger partial charge in [-0.3, -0.25) is 4.68 Å². The van der Waals surface area contributed by atoms with E-state index in [1.807, 2.05) is 17.9 Å².